The minimum Gasteiger partial charge on any atom is -0.493 e. The normalized spacial score (nSPS) is 13.7. The lowest BCUT2D eigenvalue weighted by Gasteiger charge is -1.97. The molecule has 1 aromatic rings. The van der Waals surface area contributed by atoms with Gasteiger partial charge in [0.25, 0.3) is 5.69 Å². The molecule has 0 spiro atoms. The Balaban J connectivity index is 2.56. The maximum Gasteiger partial charge on any atom is 0.276 e. The minimum atomic E-state index is -0.368. The minimum absolute atomic E-state index is 0.171. The van der Waals surface area contributed by atoms with Gasteiger partial charge in [-0.05, 0) is 6.07 Å². The second kappa shape index (κ2) is 2.48. The van der Waals surface area contributed by atoms with Gasteiger partial charge in [-0.3, -0.25) is 10.1 Å². The van der Waals surface area contributed by atoms with Crippen molar-refractivity contribution in [2.75, 3.05) is 6.61 Å². The summed E-state index contributed by atoms with van der Waals surface area (Å²) in [6, 6.07) is 4.91. The van der Waals surface area contributed by atoms with Gasteiger partial charge in [0.2, 0.25) is 0 Å². The van der Waals surface area contributed by atoms with Crippen molar-refractivity contribution in [1.82, 2.24) is 0 Å². The van der Waals surface area contributed by atoms with Crippen LogP contribution in [0, 0.1) is 10.1 Å². The highest BCUT2D eigenvalue weighted by atomic mass is 16.6. The molecule has 0 radical (unpaired) electrons. The third-order valence-electron chi connectivity index (χ3n) is 1.91. The Morgan fingerprint density at radius 2 is 2.33 bits per heavy atom. The van der Waals surface area contributed by atoms with Crippen molar-refractivity contribution in [3.63, 3.8) is 0 Å². The van der Waals surface area contributed by atoms with Crippen molar-refractivity contribution in [2.45, 2.75) is 6.42 Å². The fraction of sp³-hybridized carbons (Fsp3) is 0.250. The van der Waals surface area contributed by atoms with E-state index < -0.39 is 0 Å². The van der Waals surface area contributed by atoms with Crippen LogP contribution in [0.3, 0.4) is 0 Å². The van der Waals surface area contributed by atoms with E-state index in [1.165, 1.54) is 6.07 Å². The predicted molar refractivity (Wildman–Crippen MR) is 42.3 cm³/mol. The molecule has 0 bridgehead atoms. The molecule has 0 amide bonds. The lowest BCUT2D eigenvalue weighted by atomic mass is 10.1. The highest BCUT2D eigenvalue weighted by Crippen LogP contribution is 2.32. The number of rotatable bonds is 1. The lowest BCUT2D eigenvalue weighted by molar-refractivity contribution is -0.385. The van der Waals surface area contributed by atoms with E-state index in [0.29, 0.717) is 18.8 Å². The van der Waals surface area contributed by atoms with E-state index in [1.54, 1.807) is 12.1 Å². The summed E-state index contributed by atoms with van der Waals surface area (Å²) in [7, 11) is 0. The summed E-state index contributed by atoms with van der Waals surface area (Å²) in [4.78, 5) is 10.1. The zero-order valence-electron chi connectivity index (χ0n) is 6.32. The first kappa shape index (κ1) is 7.09. The molecule has 1 heterocycles. The third kappa shape index (κ3) is 0.922. The van der Waals surface area contributed by atoms with E-state index >= 15 is 0 Å². The van der Waals surface area contributed by atoms with Gasteiger partial charge < -0.3 is 4.74 Å². The van der Waals surface area contributed by atoms with Crippen LogP contribution >= 0.6 is 0 Å². The first-order chi connectivity index (χ1) is 5.79. The molecule has 0 aromatic heterocycles. The second-order valence-electron chi connectivity index (χ2n) is 2.61. The molecular weight excluding hydrogens is 158 g/mol. The summed E-state index contributed by atoms with van der Waals surface area (Å²) in [5.74, 6) is 0.657. The van der Waals surface area contributed by atoms with E-state index in [2.05, 4.69) is 0 Å². The summed E-state index contributed by atoms with van der Waals surface area (Å²) in [5, 5.41) is 10.5. The maximum absolute atomic E-state index is 10.5. The fourth-order valence-corrected chi connectivity index (χ4v) is 1.37. The quantitative estimate of drug-likeness (QED) is 0.468. The van der Waals surface area contributed by atoms with Crippen LogP contribution < -0.4 is 4.74 Å². The van der Waals surface area contributed by atoms with Gasteiger partial charge in [-0.15, -0.1) is 0 Å². The molecule has 0 unspecified atom stereocenters. The SMILES string of the molecule is O=[N+]([O-])c1cccc2c1CCO2. The van der Waals surface area contributed by atoms with Crippen molar-refractivity contribution >= 4 is 5.69 Å². The fourth-order valence-electron chi connectivity index (χ4n) is 1.37. The van der Waals surface area contributed by atoms with Crippen LogP contribution in [0.15, 0.2) is 18.2 Å². The molecule has 62 valence electrons. The molecule has 1 aliphatic heterocycles. The zero-order chi connectivity index (χ0) is 8.55. The average Bonchev–Trinajstić information content (AvgIpc) is 2.49. The van der Waals surface area contributed by atoms with Crippen LogP contribution in [0.25, 0.3) is 0 Å². The predicted octanol–water partition coefficient (Wildman–Crippen LogP) is 1.53. The topological polar surface area (TPSA) is 52.4 Å². The average molecular weight is 165 g/mol. The van der Waals surface area contributed by atoms with Gasteiger partial charge in [-0.1, -0.05) is 6.07 Å². The summed E-state index contributed by atoms with van der Waals surface area (Å²) in [6.45, 7) is 0.556. The molecule has 4 heteroatoms. The molecule has 0 N–H and O–H groups in total. The molecular formula is C8H7NO3. The largest absolute Gasteiger partial charge is 0.493 e. The molecule has 0 aliphatic carbocycles. The molecule has 0 fully saturated rings. The van der Waals surface area contributed by atoms with Crippen LogP contribution in [0.5, 0.6) is 5.75 Å². The standard InChI is InChI=1S/C8H7NO3/c10-9(11)7-2-1-3-8-6(7)4-5-12-8/h1-3H,4-5H2. The van der Waals surface area contributed by atoms with Crippen LogP contribution in [-0.4, -0.2) is 11.5 Å². The first-order valence-corrected chi connectivity index (χ1v) is 3.68. The van der Waals surface area contributed by atoms with Crippen LogP contribution in [0.1, 0.15) is 5.56 Å². The highest BCUT2D eigenvalue weighted by molar-refractivity contribution is 5.51. The number of nitro groups is 1. The summed E-state index contributed by atoms with van der Waals surface area (Å²) >= 11 is 0. The van der Waals surface area contributed by atoms with Gasteiger partial charge in [0.1, 0.15) is 5.75 Å². The molecule has 2 rings (SSSR count). The van der Waals surface area contributed by atoms with Gasteiger partial charge in [0.15, 0.2) is 0 Å². The number of nitro benzene ring substituents is 1. The van der Waals surface area contributed by atoms with E-state index in [0.717, 1.165) is 5.56 Å². The van der Waals surface area contributed by atoms with Crippen molar-refractivity contribution in [3.8, 4) is 5.75 Å². The maximum atomic E-state index is 10.5. The molecule has 12 heavy (non-hydrogen) atoms. The Bertz CT molecular complexity index is 335. The zero-order valence-corrected chi connectivity index (χ0v) is 6.32. The van der Waals surface area contributed by atoms with E-state index in [9.17, 15) is 10.1 Å². The Hall–Kier alpha value is -1.58. The number of ether oxygens (including phenoxy) is 1. The number of hydrogen-bond donors (Lipinski definition) is 0. The Kier molecular flexibility index (Phi) is 1.46. The second-order valence-corrected chi connectivity index (χ2v) is 2.61. The van der Waals surface area contributed by atoms with Gasteiger partial charge >= 0.3 is 0 Å². The lowest BCUT2D eigenvalue weighted by Crippen LogP contribution is -1.92. The summed E-state index contributed by atoms with van der Waals surface area (Å²) in [5.41, 5.74) is 0.896. The van der Waals surface area contributed by atoms with E-state index in [4.69, 9.17) is 4.74 Å². The summed E-state index contributed by atoms with van der Waals surface area (Å²) in [6.07, 6.45) is 0.645. The molecule has 4 nitrogen and oxygen atoms in total. The van der Waals surface area contributed by atoms with Crippen LogP contribution in [-0.2, 0) is 6.42 Å². The van der Waals surface area contributed by atoms with Gasteiger partial charge in [0, 0.05) is 12.5 Å². The van der Waals surface area contributed by atoms with Gasteiger partial charge in [0.05, 0.1) is 17.1 Å². The van der Waals surface area contributed by atoms with Crippen LogP contribution in [0.4, 0.5) is 5.69 Å². The van der Waals surface area contributed by atoms with Crippen molar-refractivity contribution in [2.24, 2.45) is 0 Å². The third-order valence-corrected chi connectivity index (χ3v) is 1.91. The number of fused-ring (bicyclic) bond motifs is 1. The van der Waals surface area contributed by atoms with Gasteiger partial charge in [-0.2, -0.15) is 0 Å². The molecule has 0 saturated heterocycles. The molecule has 0 saturated carbocycles. The van der Waals surface area contributed by atoms with Crippen molar-refractivity contribution in [3.05, 3.63) is 33.9 Å². The Labute approximate surface area is 68.9 Å². The van der Waals surface area contributed by atoms with Crippen molar-refractivity contribution in [1.29, 1.82) is 0 Å². The van der Waals surface area contributed by atoms with Crippen molar-refractivity contribution < 1.29 is 9.66 Å². The molecule has 1 aliphatic rings. The van der Waals surface area contributed by atoms with Crippen LogP contribution in [0.2, 0.25) is 0 Å². The smallest absolute Gasteiger partial charge is 0.276 e. The number of benzene rings is 1. The molecule has 1 aromatic carbocycles. The van der Waals surface area contributed by atoms with E-state index in [-0.39, 0.29) is 10.6 Å². The summed E-state index contributed by atoms with van der Waals surface area (Å²) < 4.78 is 5.18. The Morgan fingerprint density at radius 1 is 1.50 bits per heavy atom. The van der Waals surface area contributed by atoms with E-state index in [1.807, 2.05) is 0 Å². The van der Waals surface area contributed by atoms with Gasteiger partial charge in [-0.25, -0.2) is 0 Å². The molecule has 0 atom stereocenters. The number of nitrogens with zero attached hydrogens (tertiary/aromatic N) is 1. The Morgan fingerprint density at radius 3 is 3.08 bits per heavy atom. The monoisotopic (exact) mass is 165 g/mol. The first-order valence-electron chi connectivity index (χ1n) is 3.68. The number of hydrogen-bond acceptors (Lipinski definition) is 3. The highest BCUT2D eigenvalue weighted by Gasteiger charge is 2.22.